The molecule has 0 aliphatic carbocycles. The van der Waals surface area contributed by atoms with Crippen molar-refractivity contribution in [1.29, 1.82) is 0 Å². The van der Waals surface area contributed by atoms with Crippen LogP contribution in [-0.4, -0.2) is 47.4 Å². The van der Waals surface area contributed by atoms with Gasteiger partial charge in [0.15, 0.2) is 0 Å². The lowest BCUT2D eigenvalue weighted by molar-refractivity contribution is -0.143. The molecule has 0 aromatic heterocycles. The van der Waals surface area contributed by atoms with E-state index in [-0.39, 0.29) is 18.5 Å². The van der Waals surface area contributed by atoms with E-state index in [1.165, 1.54) is 250 Å². The summed E-state index contributed by atoms with van der Waals surface area (Å²) in [6, 6.07) is -0.542. The molecule has 2 unspecified atom stereocenters. The van der Waals surface area contributed by atoms with Crippen molar-refractivity contribution < 1.29 is 24.5 Å². The highest BCUT2D eigenvalue weighted by atomic mass is 16.5. The molecule has 0 radical (unpaired) electrons. The van der Waals surface area contributed by atoms with Crippen molar-refractivity contribution in [2.45, 2.75) is 341 Å². The molecule has 3 N–H and O–H groups in total. The van der Waals surface area contributed by atoms with Crippen molar-refractivity contribution >= 4 is 11.9 Å². The Morgan fingerprint density at radius 2 is 0.746 bits per heavy atom. The van der Waals surface area contributed by atoms with Gasteiger partial charge in [0, 0.05) is 12.8 Å². The first kappa shape index (κ1) is 65.3. The molecule has 6 heteroatoms. The molecule has 1 amide bonds. The van der Waals surface area contributed by atoms with Crippen molar-refractivity contribution in [3.63, 3.8) is 0 Å². The number of carbonyl (C=O) groups excluding carboxylic acids is 2. The Morgan fingerprint density at radius 3 is 1.13 bits per heavy atom. The zero-order chi connectivity index (χ0) is 48.6. The van der Waals surface area contributed by atoms with Crippen LogP contribution in [0.2, 0.25) is 0 Å². The van der Waals surface area contributed by atoms with Crippen LogP contribution in [0.3, 0.4) is 0 Å². The Kier molecular flexibility index (Phi) is 55.5. The standard InChI is InChI=1S/C61H117NO5/c1-3-5-7-9-11-13-15-34-37-41-45-49-53-59(64)58(57-63)62-60(65)54-50-46-42-38-35-31-29-27-25-23-21-19-17-16-18-20-22-24-26-28-30-32-36-40-44-48-52-56-67-61(66)55-51-47-43-39-33-14-12-10-8-6-4-2/h16-17,20,22,58-59,63-64H,3-15,18-19,21,23-57H2,1-2H3,(H,62,65)/b17-16-,22-20-. The molecule has 6 nitrogen and oxygen atoms in total. The van der Waals surface area contributed by atoms with Crippen LogP contribution in [0.15, 0.2) is 24.3 Å². The molecule has 2 atom stereocenters. The summed E-state index contributed by atoms with van der Waals surface area (Å²) < 4.78 is 5.46. The molecule has 0 bridgehead atoms. The van der Waals surface area contributed by atoms with Crippen LogP contribution in [0.1, 0.15) is 328 Å². The highest BCUT2D eigenvalue weighted by Crippen LogP contribution is 2.17. The predicted octanol–water partition coefficient (Wildman–Crippen LogP) is 18.6. The van der Waals surface area contributed by atoms with Gasteiger partial charge in [-0.05, 0) is 57.8 Å². The molecular weight excluding hydrogens is 827 g/mol. The van der Waals surface area contributed by atoms with Gasteiger partial charge in [-0.3, -0.25) is 9.59 Å². The average Bonchev–Trinajstić information content (AvgIpc) is 3.33. The molecule has 0 aromatic carbocycles. The third-order valence-corrected chi connectivity index (χ3v) is 14.0. The molecule has 0 fully saturated rings. The fraction of sp³-hybridized carbons (Fsp3) is 0.902. The van der Waals surface area contributed by atoms with E-state index < -0.39 is 12.1 Å². The van der Waals surface area contributed by atoms with Crippen LogP contribution in [0.5, 0.6) is 0 Å². The minimum Gasteiger partial charge on any atom is -0.466 e. The van der Waals surface area contributed by atoms with Gasteiger partial charge in [0.25, 0.3) is 0 Å². The first-order chi connectivity index (χ1) is 33.0. The van der Waals surface area contributed by atoms with Crippen LogP contribution in [-0.2, 0) is 14.3 Å². The third-order valence-electron chi connectivity index (χ3n) is 14.0. The summed E-state index contributed by atoms with van der Waals surface area (Å²) in [5.74, 6) is -0.0273. The van der Waals surface area contributed by atoms with Crippen molar-refractivity contribution in [1.82, 2.24) is 5.32 Å². The zero-order valence-corrected chi connectivity index (χ0v) is 45.1. The number of unbranched alkanes of at least 4 members (excludes halogenated alkanes) is 41. The molecule has 0 rings (SSSR count). The number of hydrogen-bond donors (Lipinski definition) is 3. The second-order valence-corrected chi connectivity index (χ2v) is 20.7. The second-order valence-electron chi connectivity index (χ2n) is 20.7. The lowest BCUT2D eigenvalue weighted by atomic mass is 10.0. The van der Waals surface area contributed by atoms with Gasteiger partial charge in [-0.25, -0.2) is 0 Å². The Balaban J connectivity index is 3.41. The van der Waals surface area contributed by atoms with Gasteiger partial charge in [-0.2, -0.15) is 0 Å². The number of amides is 1. The summed E-state index contributed by atoms with van der Waals surface area (Å²) >= 11 is 0. The molecule has 0 aliphatic heterocycles. The van der Waals surface area contributed by atoms with Crippen LogP contribution in [0.4, 0.5) is 0 Å². The zero-order valence-electron chi connectivity index (χ0n) is 45.1. The molecule has 0 saturated carbocycles. The monoisotopic (exact) mass is 944 g/mol. The van der Waals surface area contributed by atoms with E-state index in [1.54, 1.807) is 0 Å². The highest BCUT2D eigenvalue weighted by molar-refractivity contribution is 5.76. The Labute approximate surface area is 418 Å². The van der Waals surface area contributed by atoms with Crippen molar-refractivity contribution in [2.24, 2.45) is 0 Å². The van der Waals surface area contributed by atoms with Gasteiger partial charge in [-0.15, -0.1) is 0 Å². The maximum Gasteiger partial charge on any atom is 0.305 e. The topological polar surface area (TPSA) is 95.9 Å². The first-order valence-corrected chi connectivity index (χ1v) is 30.1. The highest BCUT2D eigenvalue weighted by Gasteiger charge is 2.20. The quantitative estimate of drug-likeness (QED) is 0.0321. The van der Waals surface area contributed by atoms with Gasteiger partial charge in [-0.1, -0.05) is 282 Å². The molecular formula is C61H117NO5. The predicted molar refractivity (Wildman–Crippen MR) is 292 cm³/mol. The maximum absolute atomic E-state index is 12.4. The van der Waals surface area contributed by atoms with Crippen molar-refractivity contribution in [2.75, 3.05) is 13.2 Å². The molecule has 0 spiro atoms. The minimum absolute atomic E-state index is 0.0104. The minimum atomic E-state index is -0.665. The molecule has 0 aromatic rings. The van der Waals surface area contributed by atoms with Gasteiger partial charge < -0.3 is 20.3 Å². The van der Waals surface area contributed by atoms with E-state index >= 15 is 0 Å². The van der Waals surface area contributed by atoms with E-state index in [4.69, 9.17) is 4.74 Å². The largest absolute Gasteiger partial charge is 0.466 e. The van der Waals surface area contributed by atoms with E-state index in [2.05, 4.69) is 43.5 Å². The van der Waals surface area contributed by atoms with Crippen LogP contribution in [0, 0.1) is 0 Å². The number of carbonyl (C=O) groups is 2. The van der Waals surface area contributed by atoms with Crippen LogP contribution < -0.4 is 5.32 Å². The first-order valence-electron chi connectivity index (χ1n) is 30.1. The van der Waals surface area contributed by atoms with Gasteiger partial charge in [0.05, 0.1) is 25.4 Å². The molecule has 0 heterocycles. The molecule has 396 valence electrons. The third kappa shape index (κ3) is 53.5. The number of rotatable bonds is 56. The van der Waals surface area contributed by atoms with E-state index in [0.29, 0.717) is 25.9 Å². The number of aliphatic hydroxyl groups excluding tert-OH is 2. The summed E-state index contributed by atoms with van der Waals surface area (Å²) in [4.78, 5) is 24.4. The Bertz CT molecular complexity index is 1040. The lowest BCUT2D eigenvalue weighted by Gasteiger charge is -2.22. The molecule has 67 heavy (non-hydrogen) atoms. The summed E-state index contributed by atoms with van der Waals surface area (Å²) in [6.45, 7) is 4.95. The smallest absolute Gasteiger partial charge is 0.305 e. The Morgan fingerprint density at radius 1 is 0.418 bits per heavy atom. The Hall–Kier alpha value is -1.66. The van der Waals surface area contributed by atoms with Gasteiger partial charge in [0.1, 0.15) is 0 Å². The average molecular weight is 945 g/mol. The van der Waals surface area contributed by atoms with Crippen molar-refractivity contribution in [3.05, 3.63) is 24.3 Å². The van der Waals surface area contributed by atoms with Crippen LogP contribution >= 0.6 is 0 Å². The summed E-state index contributed by atoms with van der Waals surface area (Å²) in [6.07, 6.45) is 69.0. The summed E-state index contributed by atoms with van der Waals surface area (Å²) in [5, 5.41) is 23.2. The number of nitrogens with one attached hydrogen (secondary N) is 1. The van der Waals surface area contributed by atoms with Gasteiger partial charge >= 0.3 is 5.97 Å². The summed E-state index contributed by atoms with van der Waals surface area (Å²) in [5.41, 5.74) is 0. The van der Waals surface area contributed by atoms with Gasteiger partial charge in [0.2, 0.25) is 5.91 Å². The van der Waals surface area contributed by atoms with Crippen LogP contribution in [0.25, 0.3) is 0 Å². The van der Waals surface area contributed by atoms with E-state index in [1.807, 2.05) is 0 Å². The summed E-state index contributed by atoms with van der Waals surface area (Å²) in [7, 11) is 0. The lowest BCUT2D eigenvalue weighted by Crippen LogP contribution is -2.45. The number of allylic oxidation sites excluding steroid dienone is 4. The van der Waals surface area contributed by atoms with E-state index in [9.17, 15) is 19.8 Å². The SMILES string of the molecule is CCCCCCCCCCCCCCC(O)C(CO)NC(=O)CCCCCCCCCCCCC/C=C\C/C=C\CCCCCCCCCCCOC(=O)CCCCCCCCCCCCC. The molecule has 0 aliphatic rings. The fourth-order valence-electron chi connectivity index (χ4n) is 9.38. The second kappa shape index (κ2) is 56.9. The van der Waals surface area contributed by atoms with E-state index in [0.717, 1.165) is 44.9 Å². The number of ether oxygens (including phenoxy) is 1. The number of aliphatic hydroxyl groups is 2. The number of esters is 1. The normalized spacial score (nSPS) is 12.7. The fourth-order valence-corrected chi connectivity index (χ4v) is 9.38. The maximum atomic E-state index is 12.4. The van der Waals surface area contributed by atoms with Crippen molar-refractivity contribution in [3.8, 4) is 0 Å². The number of hydrogen-bond acceptors (Lipinski definition) is 5. The molecule has 0 saturated heterocycles.